The summed E-state index contributed by atoms with van der Waals surface area (Å²) in [5.74, 6) is 0.924. The number of nitrogens with two attached hydrogens (primary N) is 1. The Balaban J connectivity index is 1.76. The second kappa shape index (κ2) is 6.97. The van der Waals surface area contributed by atoms with Crippen molar-refractivity contribution >= 4 is 28.5 Å². The molecule has 4 rings (SSSR count). The van der Waals surface area contributed by atoms with Crippen LogP contribution in [0.1, 0.15) is 5.56 Å². The lowest BCUT2D eigenvalue weighted by Gasteiger charge is -2.28. The van der Waals surface area contributed by atoms with Gasteiger partial charge in [-0.1, -0.05) is 12.1 Å². The monoisotopic (exact) mass is 348 g/mol. The fourth-order valence-corrected chi connectivity index (χ4v) is 3.14. The molecule has 0 unspecified atom stereocenters. The average molecular weight is 348 g/mol. The number of morpholine rings is 1. The summed E-state index contributed by atoms with van der Waals surface area (Å²) in [4.78, 5) is 6.72. The molecule has 7 heteroatoms. The average Bonchev–Trinajstić information content (AvgIpc) is 3.13. The smallest absolute Gasteiger partial charge is 0.130 e. The normalized spacial score (nSPS) is 15.4. The first kappa shape index (κ1) is 16.3. The summed E-state index contributed by atoms with van der Waals surface area (Å²) in [6.07, 6.45) is 6.34. The number of aromatic nitrogens is 3. The maximum atomic E-state index is 7.51. The quantitative estimate of drug-likeness (QED) is 0.705. The maximum absolute atomic E-state index is 7.51. The Morgan fingerprint density at radius 2 is 2.04 bits per heavy atom. The van der Waals surface area contributed by atoms with Crippen LogP contribution in [0.25, 0.3) is 22.2 Å². The highest BCUT2D eigenvalue weighted by molar-refractivity contribution is 6.09. The number of hydrogen-bond donors (Lipinski definition) is 2. The predicted octanol–water partition coefficient (Wildman–Crippen LogP) is 2.21. The summed E-state index contributed by atoms with van der Waals surface area (Å²) in [7, 11) is 0. The number of ether oxygens (including phenoxy) is 1. The van der Waals surface area contributed by atoms with Crippen LogP contribution in [0, 0.1) is 5.41 Å². The van der Waals surface area contributed by atoms with E-state index in [2.05, 4.69) is 15.0 Å². The predicted molar refractivity (Wildman–Crippen MR) is 103 cm³/mol. The molecule has 0 atom stereocenters. The molecule has 3 N–H and O–H groups in total. The molecule has 1 aliphatic rings. The van der Waals surface area contributed by atoms with E-state index < -0.39 is 0 Å². The van der Waals surface area contributed by atoms with Crippen LogP contribution in [0.15, 0.2) is 48.9 Å². The summed E-state index contributed by atoms with van der Waals surface area (Å²) >= 11 is 0. The van der Waals surface area contributed by atoms with E-state index in [4.69, 9.17) is 15.9 Å². The zero-order valence-corrected chi connectivity index (χ0v) is 14.3. The molecular formula is C19H20N6O. The summed E-state index contributed by atoms with van der Waals surface area (Å²) in [6.45, 7) is 3.12. The molecule has 7 nitrogen and oxygen atoms in total. The highest BCUT2D eigenvalue weighted by atomic mass is 16.5. The van der Waals surface area contributed by atoms with E-state index in [9.17, 15) is 0 Å². The zero-order chi connectivity index (χ0) is 17.9. The van der Waals surface area contributed by atoms with Gasteiger partial charge in [-0.2, -0.15) is 5.10 Å². The van der Waals surface area contributed by atoms with Crippen LogP contribution >= 0.6 is 0 Å². The van der Waals surface area contributed by atoms with E-state index in [1.165, 1.54) is 12.4 Å². The third-order valence-corrected chi connectivity index (χ3v) is 4.55. The first-order valence-electron chi connectivity index (χ1n) is 8.50. The Labute approximate surface area is 151 Å². The maximum Gasteiger partial charge on any atom is 0.130 e. The number of nitrogens with one attached hydrogen (secondary N) is 1. The van der Waals surface area contributed by atoms with Crippen molar-refractivity contribution in [3.05, 3.63) is 54.5 Å². The lowest BCUT2D eigenvalue weighted by atomic mass is 10.1. The lowest BCUT2D eigenvalue weighted by Crippen LogP contribution is -2.36. The molecule has 2 aromatic heterocycles. The second-order valence-electron chi connectivity index (χ2n) is 6.07. The van der Waals surface area contributed by atoms with Crippen LogP contribution in [0.4, 0.5) is 5.82 Å². The molecule has 0 spiro atoms. The van der Waals surface area contributed by atoms with Gasteiger partial charge in [0.2, 0.25) is 0 Å². The van der Waals surface area contributed by atoms with Crippen molar-refractivity contribution in [3.63, 3.8) is 0 Å². The number of pyridine rings is 1. The van der Waals surface area contributed by atoms with Crippen molar-refractivity contribution in [2.24, 2.45) is 5.73 Å². The molecule has 26 heavy (non-hydrogen) atoms. The van der Waals surface area contributed by atoms with Crippen molar-refractivity contribution in [1.82, 2.24) is 14.8 Å². The van der Waals surface area contributed by atoms with E-state index in [1.807, 2.05) is 41.2 Å². The summed E-state index contributed by atoms with van der Waals surface area (Å²) in [6, 6.07) is 9.93. The van der Waals surface area contributed by atoms with Crippen LogP contribution in [0.2, 0.25) is 0 Å². The van der Waals surface area contributed by atoms with E-state index >= 15 is 0 Å². The van der Waals surface area contributed by atoms with Crippen LogP contribution < -0.4 is 10.6 Å². The molecule has 0 radical (unpaired) electrons. The Morgan fingerprint density at radius 3 is 2.81 bits per heavy atom. The van der Waals surface area contributed by atoms with Crippen molar-refractivity contribution in [3.8, 4) is 5.69 Å². The van der Waals surface area contributed by atoms with Gasteiger partial charge in [0.15, 0.2) is 0 Å². The van der Waals surface area contributed by atoms with E-state index in [0.717, 1.165) is 54.3 Å². The van der Waals surface area contributed by atoms with Crippen LogP contribution in [-0.2, 0) is 4.74 Å². The van der Waals surface area contributed by atoms with Gasteiger partial charge in [0.25, 0.3) is 0 Å². The number of fused-ring (bicyclic) bond motifs is 1. The van der Waals surface area contributed by atoms with Gasteiger partial charge in [-0.3, -0.25) is 0 Å². The van der Waals surface area contributed by atoms with Gasteiger partial charge in [-0.15, -0.1) is 0 Å². The largest absolute Gasteiger partial charge is 0.404 e. The minimum atomic E-state index is 0.670. The number of allylic oxidation sites excluding steroid dienone is 1. The van der Waals surface area contributed by atoms with Gasteiger partial charge >= 0.3 is 0 Å². The molecule has 1 saturated heterocycles. The van der Waals surface area contributed by atoms with Crippen LogP contribution in [-0.4, -0.2) is 47.3 Å². The lowest BCUT2D eigenvalue weighted by molar-refractivity contribution is 0.122. The van der Waals surface area contributed by atoms with Crippen molar-refractivity contribution in [2.45, 2.75) is 0 Å². The van der Waals surface area contributed by atoms with E-state index in [0.29, 0.717) is 5.57 Å². The number of benzene rings is 1. The minimum absolute atomic E-state index is 0.670. The summed E-state index contributed by atoms with van der Waals surface area (Å²) < 4.78 is 7.31. The molecule has 3 aromatic rings. The van der Waals surface area contributed by atoms with Gasteiger partial charge in [-0.25, -0.2) is 9.67 Å². The Hall–Kier alpha value is -3.19. The highest BCUT2D eigenvalue weighted by Crippen LogP contribution is 2.24. The molecule has 3 heterocycles. The van der Waals surface area contributed by atoms with E-state index in [1.54, 1.807) is 6.20 Å². The standard InChI is InChI=1S/C19H20N6O/c20-11-16(12-21)14-1-2-15-13-23-25(18(15)9-14)17-3-4-22-19(10-17)24-5-7-26-8-6-24/h1-4,9-13,20H,5-8,21H2/b16-12+,20-11?. The molecule has 0 bridgehead atoms. The van der Waals surface area contributed by atoms with Crippen LogP contribution in [0.3, 0.4) is 0 Å². The molecule has 1 aliphatic heterocycles. The molecule has 132 valence electrons. The summed E-state index contributed by atoms with van der Waals surface area (Å²) in [5, 5.41) is 13.1. The highest BCUT2D eigenvalue weighted by Gasteiger charge is 2.14. The third-order valence-electron chi connectivity index (χ3n) is 4.55. The number of hydrogen-bond acceptors (Lipinski definition) is 6. The molecule has 1 fully saturated rings. The molecule has 0 saturated carbocycles. The number of nitrogens with zero attached hydrogens (tertiary/aromatic N) is 4. The van der Waals surface area contributed by atoms with Crippen molar-refractivity contribution in [2.75, 3.05) is 31.2 Å². The van der Waals surface area contributed by atoms with E-state index in [-0.39, 0.29) is 0 Å². The van der Waals surface area contributed by atoms with Gasteiger partial charge < -0.3 is 20.8 Å². The number of rotatable bonds is 4. The molecule has 0 amide bonds. The molecule has 0 aliphatic carbocycles. The fraction of sp³-hybridized carbons (Fsp3) is 0.211. The van der Waals surface area contributed by atoms with Gasteiger partial charge in [-0.05, 0) is 17.7 Å². The molecule has 1 aromatic carbocycles. The van der Waals surface area contributed by atoms with Crippen molar-refractivity contribution in [1.29, 1.82) is 5.41 Å². The van der Waals surface area contributed by atoms with Crippen molar-refractivity contribution < 1.29 is 4.74 Å². The fourth-order valence-electron chi connectivity index (χ4n) is 3.14. The van der Waals surface area contributed by atoms with Gasteiger partial charge in [0.05, 0.1) is 30.6 Å². The van der Waals surface area contributed by atoms with Crippen LogP contribution in [0.5, 0.6) is 0 Å². The number of anilines is 1. The molecular weight excluding hydrogens is 328 g/mol. The zero-order valence-electron chi connectivity index (χ0n) is 14.3. The first-order valence-corrected chi connectivity index (χ1v) is 8.50. The minimum Gasteiger partial charge on any atom is -0.404 e. The Kier molecular flexibility index (Phi) is 4.37. The topological polar surface area (TPSA) is 93.0 Å². The van der Waals surface area contributed by atoms with Gasteiger partial charge in [0.1, 0.15) is 5.82 Å². The second-order valence-corrected chi connectivity index (χ2v) is 6.07. The third kappa shape index (κ3) is 2.93. The van der Waals surface area contributed by atoms with Gasteiger partial charge in [0, 0.05) is 48.7 Å². The Bertz CT molecular complexity index is 971. The SMILES string of the molecule is N=C/C(=C\N)c1ccc2cnn(-c3ccnc(N4CCOCC4)c3)c2c1. The summed E-state index contributed by atoms with van der Waals surface area (Å²) in [5.41, 5.74) is 9.09. The Morgan fingerprint density at radius 1 is 1.19 bits per heavy atom. The first-order chi connectivity index (χ1) is 12.8.